The third kappa shape index (κ3) is 3.57. The molecule has 0 radical (unpaired) electrons. The average molecular weight is 277 g/mol. The fourth-order valence-electron chi connectivity index (χ4n) is 2.45. The minimum Gasteiger partial charge on any atom is -0.369 e. The third-order valence-electron chi connectivity index (χ3n) is 3.57. The molecule has 3 heteroatoms. The van der Waals surface area contributed by atoms with E-state index in [1.165, 1.54) is 12.0 Å². The zero-order valence-electron chi connectivity index (χ0n) is 12.0. The van der Waals surface area contributed by atoms with E-state index in [2.05, 4.69) is 51.7 Å². The predicted octanol–water partition coefficient (Wildman–Crippen LogP) is 4.06. The van der Waals surface area contributed by atoms with Gasteiger partial charge in [-0.05, 0) is 37.0 Å². The summed E-state index contributed by atoms with van der Waals surface area (Å²) in [6, 6.07) is 18.7. The summed E-state index contributed by atoms with van der Waals surface area (Å²) >= 11 is 0. The first-order valence-corrected chi connectivity index (χ1v) is 7.41. The predicted molar refractivity (Wildman–Crippen MR) is 87.4 cm³/mol. The largest absolute Gasteiger partial charge is 0.369 e. The van der Waals surface area contributed by atoms with Crippen molar-refractivity contribution in [1.82, 2.24) is 9.97 Å². The van der Waals surface area contributed by atoms with Gasteiger partial charge < -0.3 is 5.32 Å². The minimum atomic E-state index is 0.931. The first-order valence-electron chi connectivity index (χ1n) is 7.41. The van der Waals surface area contributed by atoms with Crippen molar-refractivity contribution < 1.29 is 0 Å². The van der Waals surface area contributed by atoms with Gasteiger partial charge in [-0.1, -0.05) is 42.5 Å². The van der Waals surface area contributed by atoms with Gasteiger partial charge in [-0.25, -0.2) is 9.97 Å². The molecule has 21 heavy (non-hydrogen) atoms. The highest BCUT2D eigenvalue weighted by Crippen LogP contribution is 2.18. The number of benzene rings is 2. The van der Waals surface area contributed by atoms with Crippen LogP contribution in [0.15, 0.2) is 60.9 Å². The maximum absolute atomic E-state index is 4.34. The molecule has 2 aromatic carbocycles. The summed E-state index contributed by atoms with van der Waals surface area (Å²) in [7, 11) is 0. The molecule has 0 amide bonds. The molecule has 0 aliphatic rings. The zero-order valence-corrected chi connectivity index (χ0v) is 12.0. The van der Waals surface area contributed by atoms with Crippen LogP contribution in [0.3, 0.4) is 0 Å². The number of aromatic nitrogens is 2. The van der Waals surface area contributed by atoms with Crippen LogP contribution in [0.1, 0.15) is 18.4 Å². The zero-order chi connectivity index (χ0) is 14.3. The Kier molecular flexibility index (Phi) is 4.42. The van der Waals surface area contributed by atoms with E-state index in [1.54, 1.807) is 6.33 Å². The molecular weight excluding hydrogens is 258 g/mol. The van der Waals surface area contributed by atoms with Crippen molar-refractivity contribution in [1.29, 1.82) is 0 Å². The second kappa shape index (κ2) is 6.84. The molecule has 3 rings (SSSR count). The number of rotatable bonds is 6. The maximum Gasteiger partial charge on any atom is 0.137 e. The molecule has 0 bridgehead atoms. The van der Waals surface area contributed by atoms with Crippen LogP contribution in [0, 0.1) is 0 Å². The van der Waals surface area contributed by atoms with Gasteiger partial charge in [0.15, 0.2) is 0 Å². The standard InChI is InChI=1S/C18H19N3/c1-2-8-15(9-3-1)10-6-7-13-19-18-16-11-4-5-12-17(16)20-14-21-18/h1-5,8-9,11-12,14H,6-7,10,13H2,(H,19,20,21). The van der Waals surface area contributed by atoms with Gasteiger partial charge in [-0.2, -0.15) is 0 Å². The molecule has 0 atom stereocenters. The van der Waals surface area contributed by atoms with Crippen LogP contribution in [-0.2, 0) is 6.42 Å². The van der Waals surface area contributed by atoms with Crippen molar-refractivity contribution >= 4 is 16.7 Å². The molecular formula is C18H19N3. The number of nitrogens with zero attached hydrogens (tertiary/aromatic N) is 2. The molecule has 1 N–H and O–H groups in total. The smallest absolute Gasteiger partial charge is 0.137 e. The Labute approximate surface area is 125 Å². The number of fused-ring (bicyclic) bond motifs is 1. The molecule has 0 aliphatic carbocycles. The monoisotopic (exact) mass is 277 g/mol. The van der Waals surface area contributed by atoms with E-state index in [0.717, 1.165) is 36.1 Å². The summed E-state index contributed by atoms with van der Waals surface area (Å²) in [6.07, 6.45) is 5.06. The van der Waals surface area contributed by atoms with E-state index in [9.17, 15) is 0 Å². The molecule has 0 spiro atoms. The lowest BCUT2D eigenvalue weighted by Gasteiger charge is -2.08. The number of aryl methyl sites for hydroxylation is 1. The number of hydrogen-bond acceptors (Lipinski definition) is 3. The van der Waals surface area contributed by atoms with E-state index in [0.29, 0.717) is 0 Å². The summed E-state index contributed by atoms with van der Waals surface area (Å²) in [5.74, 6) is 0.931. The number of nitrogens with one attached hydrogen (secondary N) is 1. The van der Waals surface area contributed by atoms with E-state index in [1.807, 2.05) is 18.2 Å². The summed E-state index contributed by atoms with van der Waals surface area (Å²) < 4.78 is 0. The van der Waals surface area contributed by atoms with Crippen LogP contribution in [0.25, 0.3) is 10.9 Å². The van der Waals surface area contributed by atoms with E-state index < -0.39 is 0 Å². The summed E-state index contributed by atoms with van der Waals surface area (Å²) in [4.78, 5) is 8.62. The Morgan fingerprint density at radius 3 is 2.52 bits per heavy atom. The van der Waals surface area contributed by atoms with Crippen molar-refractivity contribution in [2.75, 3.05) is 11.9 Å². The van der Waals surface area contributed by atoms with Crippen molar-refractivity contribution in [3.05, 3.63) is 66.5 Å². The van der Waals surface area contributed by atoms with Crippen molar-refractivity contribution in [2.24, 2.45) is 0 Å². The van der Waals surface area contributed by atoms with Gasteiger partial charge >= 0.3 is 0 Å². The number of unbranched alkanes of at least 4 members (excludes halogenated alkanes) is 1. The second-order valence-electron chi connectivity index (χ2n) is 5.11. The van der Waals surface area contributed by atoms with Crippen molar-refractivity contribution in [2.45, 2.75) is 19.3 Å². The molecule has 0 unspecified atom stereocenters. The van der Waals surface area contributed by atoms with Crippen LogP contribution in [0.4, 0.5) is 5.82 Å². The van der Waals surface area contributed by atoms with E-state index in [4.69, 9.17) is 0 Å². The van der Waals surface area contributed by atoms with Gasteiger partial charge in [-0.3, -0.25) is 0 Å². The van der Waals surface area contributed by atoms with Crippen LogP contribution >= 0.6 is 0 Å². The number of hydrogen-bond donors (Lipinski definition) is 1. The normalized spacial score (nSPS) is 10.7. The topological polar surface area (TPSA) is 37.8 Å². The summed E-state index contributed by atoms with van der Waals surface area (Å²) in [6.45, 7) is 0.938. The lowest BCUT2D eigenvalue weighted by Crippen LogP contribution is -2.04. The molecule has 0 aliphatic heterocycles. The first kappa shape index (κ1) is 13.6. The minimum absolute atomic E-state index is 0.931. The Morgan fingerprint density at radius 1 is 0.810 bits per heavy atom. The maximum atomic E-state index is 4.34. The lowest BCUT2D eigenvalue weighted by atomic mass is 10.1. The van der Waals surface area contributed by atoms with Gasteiger partial charge in [0.25, 0.3) is 0 Å². The highest BCUT2D eigenvalue weighted by atomic mass is 15.0. The summed E-state index contributed by atoms with van der Waals surface area (Å²) in [5.41, 5.74) is 2.39. The fraction of sp³-hybridized carbons (Fsp3) is 0.222. The van der Waals surface area contributed by atoms with Gasteiger partial charge in [0.2, 0.25) is 0 Å². The SMILES string of the molecule is c1ccc(CCCCNc2ncnc3ccccc23)cc1. The number of para-hydroxylation sites is 1. The molecule has 0 saturated carbocycles. The molecule has 0 fully saturated rings. The van der Waals surface area contributed by atoms with Crippen LogP contribution in [-0.4, -0.2) is 16.5 Å². The quantitative estimate of drug-likeness (QED) is 0.690. The van der Waals surface area contributed by atoms with E-state index in [-0.39, 0.29) is 0 Å². The van der Waals surface area contributed by atoms with Crippen LogP contribution < -0.4 is 5.32 Å². The van der Waals surface area contributed by atoms with Gasteiger partial charge in [0.1, 0.15) is 12.1 Å². The molecule has 106 valence electrons. The molecule has 3 nitrogen and oxygen atoms in total. The van der Waals surface area contributed by atoms with Gasteiger partial charge in [0.05, 0.1) is 5.52 Å². The average Bonchev–Trinajstić information content (AvgIpc) is 2.56. The van der Waals surface area contributed by atoms with Crippen molar-refractivity contribution in [3.63, 3.8) is 0 Å². The Balaban J connectivity index is 1.51. The second-order valence-corrected chi connectivity index (χ2v) is 5.11. The lowest BCUT2D eigenvalue weighted by molar-refractivity contribution is 0.762. The Morgan fingerprint density at radius 2 is 1.62 bits per heavy atom. The van der Waals surface area contributed by atoms with Crippen LogP contribution in [0.5, 0.6) is 0 Å². The fourth-order valence-corrected chi connectivity index (χ4v) is 2.45. The third-order valence-corrected chi connectivity index (χ3v) is 3.57. The summed E-state index contributed by atoms with van der Waals surface area (Å²) in [5, 5.41) is 4.51. The highest BCUT2D eigenvalue weighted by molar-refractivity contribution is 5.88. The molecule has 3 aromatic rings. The Bertz CT molecular complexity index is 690. The van der Waals surface area contributed by atoms with Crippen LogP contribution in [0.2, 0.25) is 0 Å². The molecule has 1 aromatic heterocycles. The molecule has 0 saturated heterocycles. The highest BCUT2D eigenvalue weighted by Gasteiger charge is 2.01. The first-order chi connectivity index (χ1) is 10.4. The van der Waals surface area contributed by atoms with Crippen molar-refractivity contribution in [3.8, 4) is 0 Å². The van der Waals surface area contributed by atoms with Gasteiger partial charge in [0, 0.05) is 11.9 Å². The van der Waals surface area contributed by atoms with E-state index >= 15 is 0 Å². The molecule has 1 heterocycles. The number of anilines is 1. The van der Waals surface area contributed by atoms with Gasteiger partial charge in [-0.15, -0.1) is 0 Å². The Hall–Kier alpha value is -2.42.